The van der Waals surface area contributed by atoms with E-state index in [9.17, 15) is 14.7 Å². The number of hydrogen-bond acceptors (Lipinski definition) is 12. The summed E-state index contributed by atoms with van der Waals surface area (Å²) in [7, 11) is 2.79. The van der Waals surface area contributed by atoms with Crippen LogP contribution in [0.15, 0.2) is 93.8 Å². The van der Waals surface area contributed by atoms with Gasteiger partial charge < -0.3 is 37.6 Å². The van der Waals surface area contributed by atoms with E-state index in [0.29, 0.717) is 55.1 Å². The van der Waals surface area contributed by atoms with Crippen molar-refractivity contribution in [2.75, 3.05) is 14.2 Å². The lowest BCUT2D eigenvalue weighted by molar-refractivity contribution is -0.0564. The molecule has 13 heteroatoms. The van der Waals surface area contributed by atoms with Crippen molar-refractivity contribution in [3.63, 3.8) is 0 Å². The van der Waals surface area contributed by atoms with E-state index in [0.717, 1.165) is 112 Å². The molecule has 8 rings (SSSR count). The van der Waals surface area contributed by atoms with Crippen LogP contribution in [0.2, 0.25) is 0 Å². The number of methoxy groups -OCH3 is 2. The van der Waals surface area contributed by atoms with Gasteiger partial charge in [0, 0.05) is 15.6 Å². The fourth-order valence-corrected chi connectivity index (χ4v) is 9.86. The number of oxazole rings is 2. The quantitative estimate of drug-likeness (QED) is 0.0558. The number of hydrogen-bond donors (Lipinski definition) is 1. The minimum atomic E-state index is -0.328. The molecule has 2 aromatic heterocycles. The van der Waals surface area contributed by atoms with E-state index in [1.54, 1.807) is 0 Å². The van der Waals surface area contributed by atoms with Gasteiger partial charge in [0.25, 0.3) is 0 Å². The van der Waals surface area contributed by atoms with Gasteiger partial charge in [-0.2, -0.15) is 0 Å². The maximum absolute atomic E-state index is 12.2. The predicted octanol–water partition coefficient (Wildman–Crippen LogP) is 14.2. The molecular weight excluding hydrogens is 1040 g/mol. The molecule has 6 aromatic rings. The van der Waals surface area contributed by atoms with Crippen LogP contribution in [0.5, 0.6) is 0 Å². The first kappa shape index (κ1) is 57.1. The highest BCUT2D eigenvalue weighted by molar-refractivity contribution is 14.1. The Morgan fingerprint density at radius 2 is 1.00 bits per heavy atom. The van der Waals surface area contributed by atoms with Crippen LogP contribution in [0, 0.1) is 27.7 Å². The Morgan fingerprint density at radius 1 is 0.589 bits per heavy atom. The average Bonchev–Trinajstić information content (AvgIpc) is 3.97. The van der Waals surface area contributed by atoms with Crippen LogP contribution in [-0.4, -0.2) is 65.6 Å². The lowest BCUT2D eigenvalue weighted by atomic mass is 9.94. The van der Waals surface area contributed by atoms with Gasteiger partial charge in [-0.3, -0.25) is 0 Å². The van der Waals surface area contributed by atoms with Crippen LogP contribution in [0.25, 0.3) is 22.9 Å². The molecule has 0 bridgehead atoms. The number of halogens is 1. The Labute approximate surface area is 446 Å². The van der Waals surface area contributed by atoms with Crippen molar-refractivity contribution in [2.24, 2.45) is 0 Å². The molecule has 2 heterocycles. The van der Waals surface area contributed by atoms with E-state index in [4.69, 9.17) is 37.5 Å². The summed E-state index contributed by atoms with van der Waals surface area (Å²) in [6.45, 7) is 17.6. The largest absolute Gasteiger partial charge is 0.465 e. The van der Waals surface area contributed by atoms with E-state index < -0.39 is 0 Å². The monoisotopic (exact) mass is 1110 g/mol. The molecule has 73 heavy (non-hydrogen) atoms. The fourth-order valence-electron chi connectivity index (χ4n) is 9.16. The molecule has 2 fully saturated rings. The number of esters is 2. The summed E-state index contributed by atoms with van der Waals surface area (Å²) < 4.78 is 40.7. The number of aromatic nitrogens is 2. The lowest BCUT2D eigenvalue weighted by Crippen LogP contribution is -2.28. The molecule has 0 unspecified atom stereocenters. The molecule has 1 N–H and O–H groups in total. The van der Waals surface area contributed by atoms with Crippen LogP contribution in [-0.2, 0) is 47.9 Å². The molecule has 392 valence electrons. The van der Waals surface area contributed by atoms with E-state index in [1.165, 1.54) is 25.3 Å². The minimum Gasteiger partial charge on any atom is -0.465 e. The van der Waals surface area contributed by atoms with Gasteiger partial charge in [-0.1, -0.05) is 111 Å². The Balaban J connectivity index is 0.000000197. The van der Waals surface area contributed by atoms with Crippen molar-refractivity contribution < 1.29 is 47.2 Å². The van der Waals surface area contributed by atoms with Gasteiger partial charge in [0.05, 0.1) is 75.3 Å². The summed E-state index contributed by atoms with van der Waals surface area (Å²) in [6.07, 6.45) is 7.34. The Hall–Kier alpha value is -5.19. The summed E-state index contributed by atoms with van der Waals surface area (Å²) in [5.41, 5.74) is 11.2. The van der Waals surface area contributed by atoms with Crippen molar-refractivity contribution in [1.82, 2.24) is 9.97 Å². The van der Waals surface area contributed by atoms with Gasteiger partial charge in [0.1, 0.15) is 17.2 Å². The molecule has 0 amide bonds. The number of nitrogens with zero attached hydrogens (tertiary/aromatic N) is 2. The van der Waals surface area contributed by atoms with Crippen molar-refractivity contribution in [1.29, 1.82) is 0 Å². The van der Waals surface area contributed by atoms with E-state index in [1.807, 2.05) is 64.1 Å². The molecule has 0 spiro atoms. The number of benzene rings is 4. The van der Waals surface area contributed by atoms with E-state index in [-0.39, 0.29) is 36.4 Å². The highest BCUT2D eigenvalue weighted by Crippen LogP contribution is 2.30. The van der Waals surface area contributed by atoms with Crippen molar-refractivity contribution in [3.8, 4) is 22.9 Å². The Kier molecular flexibility index (Phi) is 21.8. The first-order chi connectivity index (χ1) is 35.1. The summed E-state index contributed by atoms with van der Waals surface area (Å²) in [5, 5.41) is 9.65. The standard InChI is InChI=1S/C30H37NO5.C16H22O4.C14H16INO/c1-19(2)22-12-14-23(15-13-22)29-31-27(21(4)36-29)18-35-26-11-7-10-25(16-26)34-17-24-9-6-8-20(3)28(24)30(32)33-5;1-11-5-3-6-12(15(11)16(18)19-2)10-20-14-8-4-7-13(17)9-14;1-9(2)11-4-6-12(7-5-11)14-16-13(8-15)10(3)17-14/h6,8-9,12-15,19,25-26H,7,10-11,16-18H2,1-5H3;3,5-6,13-14,17H,4,7-10H2,1-2H3;4-7,9H,8H2,1-3H3/t25-,26+;13-,14+;/m10./s1. The van der Waals surface area contributed by atoms with Crippen molar-refractivity contribution in [3.05, 3.63) is 152 Å². The highest BCUT2D eigenvalue weighted by atomic mass is 127. The fraction of sp³-hybridized carbons (Fsp3) is 0.467. The molecule has 2 aliphatic rings. The van der Waals surface area contributed by atoms with Crippen LogP contribution in [0.1, 0.15) is 168 Å². The number of alkyl halides is 1. The molecule has 0 saturated heterocycles. The number of carbonyl (C=O) groups excluding carboxylic acids is 2. The molecule has 2 aliphatic carbocycles. The third-order valence-corrected chi connectivity index (χ3v) is 14.4. The molecule has 12 nitrogen and oxygen atoms in total. The van der Waals surface area contributed by atoms with Crippen LogP contribution in [0.4, 0.5) is 0 Å². The SMILES string of the molecule is COC(=O)c1c(C)cccc1CO[C@@H]1CCC[C@H](O)C1.COC(=O)c1c(C)cccc1CO[C@@H]1CCC[C@H](OCc2nc(-c3ccc(C(C)C)cc3)oc2C)C1.Cc1oc(-c2ccc(C(C)C)cc2)nc1CI. The van der Waals surface area contributed by atoms with Gasteiger partial charge in [-0.15, -0.1) is 0 Å². The molecule has 4 atom stereocenters. The second-order valence-electron chi connectivity index (χ2n) is 19.7. The summed E-state index contributed by atoms with van der Waals surface area (Å²) in [5.74, 6) is 3.46. The zero-order valence-electron chi connectivity index (χ0n) is 44.4. The number of ether oxygens (including phenoxy) is 5. The van der Waals surface area contributed by atoms with Crippen molar-refractivity contribution >= 4 is 34.5 Å². The molecular formula is C60H75IN2O10. The van der Waals surface area contributed by atoms with E-state index in [2.05, 4.69) is 104 Å². The average molecular weight is 1110 g/mol. The smallest absolute Gasteiger partial charge is 0.338 e. The zero-order chi connectivity index (χ0) is 52.6. The second kappa shape index (κ2) is 27.9. The van der Waals surface area contributed by atoms with Gasteiger partial charge in [-0.05, 0) is 149 Å². The maximum Gasteiger partial charge on any atom is 0.338 e. The lowest BCUT2D eigenvalue weighted by Gasteiger charge is -2.29. The summed E-state index contributed by atoms with van der Waals surface area (Å²) in [6, 6.07) is 28.3. The maximum atomic E-state index is 12.2. The van der Waals surface area contributed by atoms with Crippen LogP contribution >= 0.6 is 22.6 Å². The second-order valence-corrected chi connectivity index (χ2v) is 20.5. The van der Waals surface area contributed by atoms with Crippen molar-refractivity contribution in [2.45, 2.75) is 167 Å². The van der Waals surface area contributed by atoms with Gasteiger partial charge in [0.15, 0.2) is 0 Å². The van der Waals surface area contributed by atoms with Crippen LogP contribution < -0.4 is 0 Å². The first-order valence-corrected chi connectivity index (χ1v) is 27.2. The number of carbonyl (C=O) groups is 2. The molecule has 0 radical (unpaired) electrons. The number of rotatable bonds is 16. The van der Waals surface area contributed by atoms with E-state index >= 15 is 0 Å². The molecule has 2 saturated carbocycles. The zero-order valence-corrected chi connectivity index (χ0v) is 46.6. The predicted molar refractivity (Wildman–Crippen MR) is 293 cm³/mol. The van der Waals surface area contributed by atoms with Gasteiger partial charge in [-0.25, -0.2) is 19.6 Å². The number of aliphatic hydroxyl groups is 1. The number of aliphatic hydroxyl groups excluding tert-OH is 1. The Bertz CT molecular complexity index is 2690. The third kappa shape index (κ3) is 16.2. The summed E-state index contributed by atoms with van der Waals surface area (Å²) in [4.78, 5) is 33.3. The number of aryl methyl sites for hydroxylation is 4. The normalized spacial score (nSPS) is 17.6. The van der Waals surface area contributed by atoms with Gasteiger partial charge in [0.2, 0.25) is 11.8 Å². The molecule has 4 aromatic carbocycles. The highest BCUT2D eigenvalue weighted by Gasteiger charge is 2.26. The summed E-state index contributed by atoms with van der Waals surface area (Å²) >= 11 is 2.30. The Morgan fingerprint density at radius 3 is 1.41 bits per heavy atom. The third-order valence-electron chi connectivity index (χ3n) is 13.6. The van der Waals surface area contributed by atoms with Gasteiger partial charge >= 0.3 is 11.9 Å². The molecule has 0 aliphatic heterocycles. The van der Waals surface area contributed by atoms with Crippen LogP contribution in [0.3, 0.4) is 0 Å². The minimum absolute atomic E-state index is 0.0739. The topological polar surface area (TPSA) is 153 Å². The first-order valence-electron chi connectivity index (χ1n) is 25.6.